The average molecular weight is 413 g/mol. The summed E-state index contributed by atoms with van der Waals surface area (Å²) in [6, 6.07) is 2.03. The Bertz CT molecular complexity index is 833. The van der Waals surface area contributed by atoms with Crippen LogP contribution in [0.3, 0.4) is 0 Å². The van der Waals surface area contributed by atoms with Crippen LogP contribution in [-0.4, -0.2) is 43.5 Å². The molecule has 0 bridgehead atoms. The second-order valence-corrected chi connectivity index (χ2v) is 10.0. The number of aliphatic hydroxyl groups is 2. The van der Waals surface area contributed by atoms with Gasteiger partial charge >= 0.3 is 0 Å². The number of nitrogens with one attached hydrogen (secondary N) is 1. The topological polar surface area (TPSA) is 92.4 Å². The molecule has 0 aromatic carbocycles. The summed E-state index contributed by atoms with van der Waals surface area (Å²) >= 11 is 7.75. The Hall–Kier alpha value is -1.03. The van der Waals surface area contributed by atoms with Crippen LogP contribution in [0.15, 0.2) is 12.3 Å². The van der Waals surface area contributed by atoms with Gasteiger partial charge in [0.15, 0.2) is 0 Å². The van der Waals surface area contributed by atoms with Gasteiger partial charge in [-0.2, -0.15) is 0 Å². The third kappa shape index (κ3) is 3.79. The van der Waals surface area contributed by atoms with Gasteiger partial charge in [0.05, 0.1) is 41.0 Å². The number of hydrogen-bond acceptors (Lipinski definition) is 7. The predicted molar refractivity (Wildman–Crippen MR) is 103 cm³/mol. The lowest BCUT2D eigenvalue weighted by atomic mass is 9.79. The van der Waals surface area contributed by atoms with Gasteiger partial charge in [-0.3, -0.25) is 0 Å². The van der Waals surface area contributed by atoms with E-state index in [0.29, 0.717) is 17.3 Å². The van der Waals surface area contributed by atoms with Gasteiger partial charge in [0, 0.05) is 22.9 Å². The molecule has 2 aliphatic rings. The third-order valence-electron chi connectivity index (χ3n) is 5.14. The summed E-state index contributed by atoms with van der Waals surface area (Å²) in [6.45, 7) is 6.26. The van der Waals surface area contributed by atoms with E-state index in [1.54, 1.807) is 18.5 Å². The molecule has 0 aliphatic carbocycles. The van der Waals surface area contributed by atoms with Crippen LogP contribution in [0.1, 0.15) is 61.9 Å². The van der Waals surface area contributed by atoms with Crippen molar-refractivity contribution in [2.75, 3.05) is 6.61 Å². The van der Waals surface area contributed by atoms with Crippen LogP contribution in [0.5, 0.6) is 0 Å². The van der Waals surface area contributed by atoms with Crippen LogP contribution in [0.2, 0.25) is 4.34 Å². The van der Waals surface area contributed by atoms with Crippen molar-refractivity contribution in [2.24, 2.45) is 0 Å². The summed E-state index contributed by atoms with van der Waals surface area (Å²) < 4.78 is 8.57. The highest BCUT2D eigenvalue weighted by Gasteiger charge is 2.48. The molecule has 2 aromatic rings. The molecule has 4 heterocycles. The number of thiophene rings is 1. The highest BCUT2D eigenvalue weighted by atomic mass is 35.5. The minimum atomic E-state index is -0.856. The molecule has 0 radical (unpaired) electrons. The largest absolute Gasteiger partial charge is 0.389 e. The van der Waals surface area contributed by atoms with Crippen LogP contribution in [0, 0.1) is 0 Å². The molecule has 0 saturated carbocycles. The highest BCUT2D eigenvalue weighted by molar-refractivity contribution is 7.16. The SMILES string of the molecule is C[C@H]1C[C@@]2(C[C@@H](c3cn(CC(C)(C)O)nn3)N1)OC[C@@H](O)c1cc(Cl)sc12. The Morgan fingerprint density at radius 1 is 1.48 bits per heavy atom. The predicted octanol–water partition coefficient (Wildman–Crippen LogP) is 2.54. The van der Waals surface area contributed by atoms with Crippen LogP contribution in [0.4, 0.5) is 0 Å². The molecular weight excluding hydrogens is 388 g/mol. The van der Waals surface area contributed by atoms with E-state index >= 15 is 0 Å². The first kappa shape index (κ1) is 19.3. The van der Waals surface area contributed by atoms with E-state index in [0.717, 1.165) is 22.6 Å². The quantitative estimate of drug-likeness (QED) is 0.717. The molecule has 1 saturated heterocycles. The molecule has 1 spiro atoms. The van der Waals surface area contributed by atoms with Crippen LogP contribution < -0.4 is 5.32 Å². The van der Waals surface area contributed by atoms with E-state index in [4.69, 9.17) is 16.3 Å². The zero-order valence-electron chi connectivity index (χ0n) is 15.6. The molecule has 2 aliphatic heterocycles. The smallest absolute Gasteiger partial charge is 0.106 e. The molecule has 2 aromatic heterocycles. The van der Waals surface area contributed by atoms with Crippen molar-refractivity contribution in [1.29, 1.82) is 0 Å². The number of piperidine rings is 1. The Labute approximate surface area is 167 Å². The van der Waals surface area contributed by atoms with Crippen molar-refractivity contribution in [1.82, 2.24) is 20.3 Å². The Morgan fingerprint density at radius 3 is 3.00 bits per heavy atom. The van der Waals surface area contributed by atoms with E-state index in [2.05, 4.69) is 22.6 Å². The van der Waals surface area contributed by atoms with Crippen molar-refractivity contribution in [2.45, 2.75) is 69.5 Å². The molecule has 27 heavy (non-hydrogen) atoms. The van der Waals surface area contributed by atoms with Crippen molar-refractivity contribution >= 4 is 22.9 Å². The molecule has 4 rings (SSSR count). The van der Waals surface area contributed by atoms with Gasteiger partial charge in [-0.1, -0.05) is 16.8 Å². The zero-order chi connectivity index (χ0) is 19.4. The first-order valence-corrected chi connectivity index (χ1v) is 10.3. The van der Waals surface area contributed by atoms with Crippen LogP contribution in [0.25, 0.3) is 0 Å². The summed E-state index contributed by atoms with van der Waals surface area (Å²) in [7, 11) is 0. The zero-order valence-corrected chi connectivity index (χ0v) is 17.2. The molecular formula is C18H25ClN4O3S. The van der Waals surface area contributed by atoms with Crippen molar-refractivity contribution < 1.29 is 14.9 Å². The summed E-state index contributed by atoms with van der Waals surface area (Å²) in [6.07, 6.45) is 2.74. The molecule has 1 fully saturated rings. The number of ether oxygens (including phenoxy) is 1. The first-order chi connectivity index (χ1) is 12.7. The summed E-state index contributed by atoms with van der Waals surface area (Å²) in [5, 5.41) is 32.4. The number of nitrogens with zero attached hydrogens (tertiary/aromatic N) is 3. The maximum absolute atomic E-state index is 10.3. The molecule has 0 unspecified atom stereocenters. The highest BCUT2D eigenvalue weighted by Crippen LogP contribution is 2.51. The van der Waals surface area contributed by atoms with Gasteiger partial charge in [0.25, 0.3) is 0 Å². The van der Waals surface area contributed by atoms with Gasteiger partial charge < -0.3 is 20.3 Å². The lowest BCUT2D eigenvalue weighted by Gasteiger charge is -2.46. The van der Waals surface area contributed by atoms with E-state index in [1.807, 2.05) is 12.3 Å². The normalized spacial score (nSPS) is 31.3. The van der Waals surface area contributed by atoms with Gasteiger partial charge in [-0.25, -0.2) is 4.68 Å². The Balaban J connectivity index is 1.64. The first-order valence-electron chi connectivity index (χ1n) is 9.15. The fourth-order valence-corrected chi connectivity index (χ4v) is 5.63. The van der Waals surface area contributed by atoms with E-state index in [1.165, 1.54) is 11.3 Å². The van der Waals surface area contributed by atoms with Crippen molar-refractivity contribution in [3.05, 3.63) is 32.7 Å². The van der Waals surface area contributed by atoms with Gasteiger partial charge in [0.2, 0.25) is 0 Å². The fraction of sp³-hybridized carbons (Fsp3) is 0.667. The van der Waals surface area contributed by atoms with Gasteiger partial charge in [0.1, 0.15) is 11.7 Å². The van der Waals surface area contributed by atoms with E-state index < -0.39 is 17.3 Å². The van der Waals surface area contributed by atoms with Crippen LogP contribution in [-0.2, 0) is 16.9 Å². The second-order valence-electron chi connectivity index (χ2n) is 8.34. The van der Waals surface area contributed by atoms with Gasteiger partial charge in [-0.15, -0.1) is 16.4 Å². The standard InChI is InChI=1S/C18H25ClN4O3S/c1-10-5-18(16-11(4-15(19)27-16)14(24)8-26-18)6-12(20-10)13-7-23(22-21-13)9-17(2,3)25/h4,7,10,12,14,20,24-25H,5-6,8-9H2,1-3H3/t10-,12-,14+,18-/m0/s1. The molecule has 7 nitrogen and oxygen atoms in total. The Kier molecular flexibility index (Phi) is 4.85. The lowest BCUT2D eigenvalue weighted by molar-refractivity contribution is -0.129. The molecule has 3 N–H and O–H groups in total. The summed E-state index contributed by atoms with van der Waals surface area (Å²) in [4.78, 5) is 1.02. The summed E-state index contributed by atoms with van der Waals surface area (Å²) in [5.74, 6) is 0. The van der Waals surface area contributed by atoms with E-state index in [-0.39, 0.29) is 18.7 Å². The minimum absolute atomic E-state index is 0.0340. The number of aliphatic hydroxyl groups excluding tert-OH is 1. The molecule has 9 heteroatoms. The lowest BCUT2D eigenvalue weighted by Crippen LogP contribution is -2.50. The average Bonchev–Trinajstić information content (AvgIpc) is 3.17. The second kappa shape index (κ2) is 6.79. The molecule has 148 valence electrons. The maximum atomic E-state index is 10.3. The minimum Gasteiger partial charge on any atom is -0.389 e. The monoisotopic (exact) mass is 412 g/mol. The number of hydrogen-bond donors (Lipinski definition) is 3. The summed E-state index contributed by atoms with van der Waals surface area (Å²) in [5.41, 5.74) is 0.366. The van der Waals surface area contributed by atoms with E-state index in [9.17, 15) is 10.2 Å². The van der Waals surface area contributed by atoms with Crippen molar-refractivity contribution in [3.8, 4) is 0 Å². The number of aromatic nitrogens is 3. The maximum Gasteiger partial charge on any atom is 0.106 e. The number of fused-ring (bicyclic) bond motifs is 2. The Morgan fingerprint density at radius 2 is 2.26 bits per heavy atom. The van der Waals surface area contributed by atoms with Crippen molar-refractivity contribution in [3.63, 3.8) is 0 Å². The molecule has 0 amide bonds. The van der Waals surface area contributed by atoms with Crippen LogP contribution >= 0.6 is 22.9 Å². The third-order valence-corrected chi connectivity index (χ3v) is 6.60. The fourth-order valence-electron chi connectivity index (χ4n) is 4.18. The van der Waals surface area contributed by atoms with Gasteiger partial charge in [-0.05, 0) is 33.3 Å². The number of rotatable bonds is 3. The number of halogens is 1. The molecule has 4 atom stereocenters.